The molecule has 8 heteroatoms. The van der Waals surface area contributed by atoms with E-state index in [0.717, 1.165) is 25.3 Å². The summed E-state index contributed by atoms with van der Waals surface area (Å²) in [6, 6.07) is 3.71. The third-order valence-electron chi connectivity index (χ3n) is 5.18. The number of carbonyl (C=O) groups is 2. The zero-order chi connectivity index (χ0) is 20.8. The lowest BCUT2D eigenvalue weighted by Crippen LogP contribution is -2.36. The number of ether oxygens (including phenoxy) is 3. The number of benzene rings is 1. The van der Waals surface area contributed by atoms with Crippen molar-refractivity contribution < 1.29 is 28.7 Å². The summed E-state index contributed by atoms with van der Waals surface area (Å²) >= 11 is 0. The topological polar surface area (TPSA) is 105 Å². The van der Waals surface area contributed by atoms with Crippen molar-refractivity contribution in [2.45, 2.75) is 46.1 Å². The number of hydrogen-bond donors (Lipinski definition) is 0. The minimum absolute atomic E-state index is 0.0344. The number of nitrogens with zero attached hydrogens (tertiary/aromatic N) is 1. The molecule has 28 heavy (non-hydrogen) atoms. The summed E-state index contributed by atoms with van der Waals surface area (Å²) < 4.78 is 15.5. The first-order valence-electron chi connectivity index (χ1n) is 9.42. The fourth-order valence-corrected chi connectivity index (χ4v) is 3.62. The molecular weight excluding hydrogens is 366 g/mol. The predicted octanol–water partition coefficient (Wildman–Crippen LogP) is 3.76. The van der Waals surface area contributed by atoms with E-state index in [4.69, 9.17) is 14.2 Å². The first kappa shape index (κ1) is 21.7. The Kier molecular flexibility index (Phi) is 7.37. The van der Waals surface area contributed by atoms with Gasteiger partial charge in [0.2, 0.25) is 0 Å². The van der Waals surface area contributed by atoms with Gasteiger partial charge in [0, 0.05) is 6.07 Å². The second kappa shape index (κ2) is 9.52. The van der Waals surface area contributed by atoms with Crippen LogP contribution >= 0.6 is 0 Å². The van der Waals surface area contributed by atoms with Crippen molar-refractivity contribution in [2.24, 2.45) is 17.8 Å². The second-order valence-electron chi connectivity index (χ2n) is 7.57. The Labute approximate surface area is 164 Å². The molecule has 0 aromatic heterocycles. The Morgan fingerprint density at radius 1 is 1.29 bits per heavy atom. The molecule has 2 rings (SSSR count). The Morgan fingerprint density at radius 3 is 2.61 bits per heavy atom. The molecule has 3 atom stereocenters. The average Bonchev–Trinajstić information content (AvgIpc) is 2.65. The summed E-state index contributed by atoms with van der Waals surface area (Å²) in [5.74, 6) is -0.240. The zero-order valence-electron chi connectivity index (χ0n) is 16.7. The van der Waals surface area contributed by atoms with Gasteiger partial charge in [-0.15, -0.1) is 0 Å². The van der Waals surface area contributed by atoms with Gasteiger partial charge in [0.05, 0.1) is 17.6 Å². The molecular formula is C20H27NO7. The molecule has 154 valence electrons. The number of nitro groups is 1. The number of hydrogen-bond acceptors (Lipinski definition) is 7. The molecule has 1 saturated carbocycles. The summed E-state index contributed by atoms with van der Waals surface area (Å²) in [5.41, 5.74) is -0.387. The highest BCUT2D eigenvalue weighted by molar-refractivity contribution is 5.91. The zero-order valence-corrected chi connectivity index (χ0v) is 16.7. The van der Waals surface area contributed by atoms with Gasteiger partial charge in [-0.2, -0.15) is 0 Å². The fraction of sp³-hybridized carbons (Fsp3) is 0.600. The SMILES string of the molecule is COc1ccc(C(=O)OCC(=O)O[C@@H]2C[C@H](C)CC[C@@H]2C(C)C)cc1[N+](=O)[O-]. The maximum atomic E-state index is 12.2. The van der Waals surface area contributed by atoms with Crippen molar-refractivity contribution in [1.82, 2.24) is 0 Å². The number of carbonyl (C=O) groups excluding carboxylic acids is 2. The summed E-state index contributed by atoms with van der Waals surface area (Å²) in [4.78, 5) is 34.7. The van der Waals surface area contributed by atoms with Crippen LogP contribution in [0.2, 0.25) is 0 Å². The molecule has 0 radical (unpaired) electrons. The lowest BCUT2D eigenvalue weighted by molar-refractivity contribution is -0.385. The molecule has 1 aliphatic carbocycles. The Hall–Kier alpha value is -2.64. The van der Waals surface area contributed by atoms with Crippen molar-refractivity contribution >= 4 is 17.6 Å². The Bertz CT molecular complexity index is 731. The maximum Gasteiger partial charge on any atom is 0.344 e. The second-order valence-corrected chi connectivity index (χ2v) is 7.57. The van der Waals surface area contributed by atoms with Crippen LogP contribution < -0.4 is 4.74 Å². The minimum Gasteiger partial charge on any atom is -0.490 e. The molecule has 0 aliphatic heterocycles. The van der Waals surface area contributed by atoms with Crippen molar-refractivity contribution in [3.05, 3.63) is 33.9 Å². The van der Waals surface area contributed by atoms with Crippen molar-refractivity contribution in [3.8, 4) is 5.75 Å². The summed E-state index contributed by atoms with van der Waals surface area (Å²) in [5, 5.41) is 11.1. The highest BCUT2D eigenvalue weighted by atomic mass is 16.6. The molecule has 0 spiro atoms. The van der Waals surface area contributed by atoms with Gasteiger partial charge < -0.3 is 14.2 Å². The molecule has 0 unspecified atom stereocenters. The van der Waals surface area contributed by atoms with Crippen molar-refractivity contribution in [2.75, 3.05) is 13.7 Å². The molecule has 0 N–H and O–H groups in total. The van der Waals surface area contributed by atoms with Crippen LogP contribution in [-0.4, -0.2) is 36.7 Å². The van der Waals surface area contributed by atoms with Crippen molar-refractivity contribution in [3.63, 3.8) is 0 Å². The molecule has 1 aromatic rings. The fourth-order valence-electron chi connectivity index (χ4n) is 3.62. The smallest absolute Gasteiger partial charge is 0.344 e. The number of nitro benzene ring substituents is 1. The van der Waals surface area contributed by atoms with Gasteiger partial charge in [0.25, 0.3) is 0 Å². The quantitative estimate of drug-likeness (QED) is 0.394. The molecule has 8 nitrogen and oxygen atoms in total. The molecule has 0 heterocycles. The number of methoxy groups -OCH3 is 1. The molecule has 1 aliphatic rings. The highest BCUT2D eigenvalue weighted by Crippen LogP contribution is 2.35. The minimum atomic E-state index is -0.833. The normalized spacial score (nSPS) is 21.8. The van der Waals surface area contributed by atoms with E-state index in [0.29, 0.717) is 17.8 Å². The van der Waals surface area contributed by atoms with Gasteiger partial charge in [-0.05, 0) is 42.7 Å². The van der Waals surface area contributed by atoms with E-state index in [2.05, 4.69) is 20.8 Å². The third-order valence-corrected chi connectivity index (χ3v) is 5.18. The van der Waals surface area contributed by atoms with E-state index < -0.39 is 23.5 Å². The van der Waals surface area contributed by atoms with Crippen molar-refractivity contribution in [1.29, 1.82) is 0 Å². The van der Waals surface area contributed by atoms with Crippen LogP contribution in [0.25, 0.3) is 0 Å². The lowest BCUT2D eigenvalue weighted by Gasteiger charge is -2.36. The average molecular weight is 393 g/mol. The van der Waals surface area contributed by atoms with E-state index in [1.807, 2.05) is 0 Å². The highest BCUT2D eigenvalue weighted by Gasteiger charge is 2.33. The van der Waals surface area contributed by atoms with Crippen LogP contribution in [0.5, 0.6) is 5.75 Å². The maximum absolute atomic E-state index is 12.2. The van der Waals surface area contributed by atoms with Crippen LogP contribution in [0.1, 0.15) is 50.4 Å². The van der Waals surface area contributed by atoms with Crippen LogP contribution in [0.4, 0.5) is 5.69 Å². The van der Waals surface area contributed by atoms with Crippen LogP contribution in [0.15, 0.2) is 18.2 Å². The number of esters is 2. The van der Waals surface area contributed by atoms with E-state index in [9.17, 15) is 19.7 Å². The van der Waals surface area contributed by atoms with Gasteiger partial charge in [0.1, 0.15) is 6.10 Å². The molecule has 0 bridgehead atoms. The Balaban J connectivity index is 1.96. The standard InChI is InChI=1S/C20H27NO7/c1-12(2)15-7-5-13(3)9-18(15)28-19(22)11-27-20(23)14-6-8-17(26-4)16(10-14)21(24)25/h6,8,10,12-13,15,18H,5,7,9,11H2,1-4H3/t13-,15-,18-/m1/s1. The van der Waals surface area contributed by atoms with Gasteiger partial charge in [0.15, 0.2) is 12.4 Å². The molecule has 1 aromatic carbocycles. The predicted molar refractivity (Wildman–Crippen MR) is 101 cm³/mol. The lowest BCUT2D eigenvalue weighted by atomic mass is 9.75. The van der Waals surface area contributed by atoms with E-state index in [-0.39, 0.29) is 23.1 Å². The summed E-state index contributed by atoms with van der Waals surface area (Å²) in [7, 11) is 1.30. The first-order chi connectivity index (χ1) is 13.2. The van der Waals surface area contributed by atoms with E-state index in [1.54, 1.807) is 0 Å². The van der Waals surface area contributed by atoms with Gasteiger partial charge in [-0.25, -0.2) is 9.59 Å². The molecule has 0 saturated heterocycles. The largest absolute Gasteiger partial charge is 0.490 e. The summed E-state index contributed by atoms with van der Waals surface area (Å²) in [6.07, 6.45) is 2.73. The van der Waals surface area contributed by atoms with E-state index >= 15 is 0 Å². The van der Waals surface area contributed by atoms with Gasteiger partial charge in [-0.3, -0.25) is 10.1 Å². The van der Waals surface area contributed by atoms with Crippen LogP contribution in [-0.2, 0) is 14.3 Å². The number of rotatable bonds is 7. The van der Waals surface area contributed by atoms with Crippen LogP contribution in [0.3, 0.4) is 0 Å². The third kappa shape index (κ3) is 5.43. The van der Waals surface area contributed by atoms with Gasteiger partial charge in [-0.1, -0.05) is 27.2 Å². The summed E-state index contributed by atoms with van der Waals surface area (Å²) in [6.45, 7) is 5.82. The van der Waals surface area contributed by atoms with Gasteiger partial charge >= 0.3 is 17.6 Å². The Morgan fingerprint density at radius 2 is 2.00 bits per heavy atom. The first-order valence-corrected chi connectivity index (χ1v) is 9.42. The molecule has 0 amide bonds. The van der Waals surface area contributed by atoms with Crippen LogP contribution in [0, 0.1) is 27.9 Å². The van der Waals surface area contributed by atoms with E-state index in [1.165, 1.54) is 19.2 Å². The monoisotopic (exact) mass is 393 g/mol. The molecule has 1 fully saturated rings.